The molecular weight excluding hydrogens is 336 g/mol. The molecule has 0 saturated heterocycles. The molecule has 1 nitrogen and oxygen atoms in total. The zero-order valence-corrected chi connectivity index (χ0v) is 12.8. The van der Waals surface area contributed by atoms with Crippen LogP contribution in [-0.2, 0) is 0 Å². The molecule has 0 amide bonds. The summed E-state index contributed by atoms with van der Waals surface area (Å²) < 4.78 is 107. The fourth-order valence-corrected chi connectivity index (χ4v) is 2.02. The van der Waals surface area contributed by atoms with E-state index in [0.717, 1.165) is 6.42 Å². The molecule has 0 radical (unpaired) electrons. The van der Waals surface area contributed by atoms with Crippen molar-refractivity contribution in [2.45, 2.75) is 82.0 Å². The van der Waals surface area contributed by atoms with Gasteiger partial charge < -0.3 is 5.11 Å². The Morgan fingerprint density at radius 2 is 1.00 bits per heavy atom. The van der Waals surface area contributed by atoms with Gasteiger partial charge in [-0.3, -0.25) is 0 Å². The highest BCUT2D eigenvalue weighted by Crippen LogP contribution is 2.55. The molecule has 0 saturated carbocycles. The fourth-order valence-electron chi connectivity index (χ4n) is 2.02. The van der Waals surface area contributed by atoms with E-state index >= 15 is 0 Å². The summed E-state index contributed by atoms with van der Waals surface area (Å²) in [5, 5.41) is 8.33. The van der Waals surface area contributed by atoms with E-state index in [-0.39, 0.29) is 6.42 Å². The lowest BCUT2D eigenvalue weighted by atomic mass is 9.92. The molecular formula is C14H22F8O. The number of aliphatic hydroxyl groups is 1. The van der Waals surface area contributed by atoms with Gasteiger partial charge >= 0.3 is 23.7 Å². The van der Waals surface area contributed by atoms with E-state index in [0.29, 0.717) is 12.8 Å². The number of halogens is 8. The maximum Gasteiger partial charge on any atom is 0.378 e. The van der Waals surface area contributed by atoms with Crippen molar-refractivity contribution in [1.82, 2.24) is 0 Å². The van der Waals surface area contributed by atoms with Gasteiger partial charge in [-0.05, 0) is 12.8 Å². The molecule has 0 aromatic heterocycles. The van der Waals surface area contributed by atoms with Gasteiger partial charge in [0.05, 0.1) is 0 Å². The molecule has 0 aliphatic heterocycles. The Kier molecular flexibility index (Phi) is 8.26. The number of hydrogen-bond donors (Lipinski definition) is 1. The van der Waals surface area contributed by atoms with E-state index in [1.165, 1.54) is 0 Å². The molecule has 0 atom stereocenters. The molecule has 0 aromatic carbocycles. The van der Waals surface area contributed by atoms with Crippen LogP contribution in [0.5, 0.6) is 0 Å². The summed E-state index contributed by atoms with van der Waals surface area (Å²) in [6.07, 6.45) is -2.71. The van der Waals surface area contributed by atoms with Gasteiger partial charge in [-0.2, -0.15) is 35.1 Å². The van der Waals surface area contributed by atoms with Crippen molar-refractivity contribution in [2.75, 3.05) is 6.61 Å². The van der Waals surface area contributed by atoms with E-state index in [2.05, 4.69) is 0 Å². The third-order valence-electron chi connectivity index (χ3n) is 3.56. The van der Waals surface area contributed by atoms with Crippen molar-refractivity contribution in [3.63, 3.8) is 0 Å². The van der Waals surface area contributed by atoms with Gasteiger partial charge in [-0.25, -0.2) is 0 Å². The van der Waals surface area contributed by atoms with Crippen molar-refractivity contribution < 1.29 is 40.2 Å². The summed E-state index contributed by atoms with van der Waals surface area (Å²) >= 11 is 0. The molecule has 0 heterocycles. The number of alkyl halides is 8. The second-order valence-electron chi connectivity index (χ2n) is 5.55. The quantitative estimate of drug-likeness (QED) is 0.352. The summed E-state index contributed by atoms with van der Waals surface area (Å²) in [4.78, 5) is 0. The van der Waals surface area contributed by atoms with Crippen LogP contribution in [0.2, 0.25) is 0 Å². The molecule has 0 rings (SSSR count). The summed E-state index contributed by atoms with van der Waals surface area (Å²) in [6.45, 7) is 0.892. The Balaban J connectivity index is 5.01. The summed E-state index contributed by atoms with van der Waals surface area (Å²) in [6, 6.07) is 0. The Morgan fingerprint density at radius 3 is 1.39 bits per heavy atom. The van der Waals surface area contributed by atoms with Crippen molar-refractivity contribution in [1.29, 1.82) is 0 Å². The van der Waals surface area contributed by atoms with Crippen LogP contribution in [0.25, 0.3) is 0 Å². The smallest absolute Gasteiger partial charge is 0.378 e. The molecule has 0 aliphatic carbocycles. The van der Waals surface area contributed by atoms with Gasteiger partial charge in [0.25, 0.3) is 0 Å². The summed E-state index contributed by atoms with van der Waals surface area (Å²) in [5.74, 6) is -23.0. The maximum absolute atomic E-state index is 13.4. The molecule has 0 bridgehead atoms. The van der Waals surface area contributed by atoms with Crippen LogP contribution in [-0.4, -0.2) is 35.4 Å². The van der Waals surface area contributed by atoms with Gasteiger partial charge in [0, 0.05) is 19.4 Å². The molecule has 9 heteroatoms. The topological polar surface area (TPSA) is 20.2 Å². The summed E-state index contributed by atoms with van der Waals surface area (Å²) in [7, 11) is 0. The monoisotopic (exact) mass is 358 g/mol. The average molecular weight is 358 g/mol. The highest BCUT2D eigenvalue weighted by molar-refractivity contribution is 5.03. The first kappa shape index (κ1) is 22.4. The highest BCUT2D eigenvalue weighted by Gasteiger charge is 2.79. The zero-order valence-electron chi connectivity index (χ0n) is 12.8. The maximum atomic E-state index is 13.4. The van der Waals surface area contributed by atoms with Crippen LogP contribution in [0.3, 0.4) is 0 Å². The van der Waals surface area contributed by atoms with Crippen molar-refractivity contribution in [3.05, 3.63) is 0 Å². The van der Waals surface area contributed by atoms with Crippen LogP contribution in [0.15, 0.2) is 0 Å². The number of unbranched alkanes of at least 4 members (excludes halogenated alkanes) is 4. The number of rotatable bonds is 12. The minimum absolute atomic E-state index is 0.131. The van der Waals surface area contributed by atoms with E-state index in [4.69, 9.17) is 5.11 Å². The van der Waals surface area contributed by atoms with Crippen LogP contribution < -0.4 is 0 Å². The molecule has 1 N–H and O–H groups in total. The minimum Gasteiger partial charge on any atom is -0.396 e. The lowest BCUT2D eigenvalue weighted by Gasteiger charge is -2.37. The third-order valence-corrected chi connectivity index (χ3v) is 3.56. The first-order valence-electron chi connectivity index (χ1n) is 7.49. The lowest BCUT2D eigenvalue weighted by molar-refractivity contribution is -0.368. The van der Waals surface area contributed by atoms with Gasteiger partial charge in [0.1, 0.15) is 0 Å². The third kappa shape index (κ3) is 5.19. The van der Waals surface area contributed by atoms with Gasteiger partial charge in [0.2, 0.25) is 0 Å². The van der Waals surface area contributed by atoms with Gasteiger partial charge in [-0.15, -0.1) is 0 Å². The van der Waals surface area contributed by atoms with Gasteiger partial charge in [0.15, 0.2) is 0 Å². The molecule has 0 fully saturated rings. The Morgan fingerprint density at radius 1 is 0.609 bits per heavy atom. The summed E-state index contributed by atoms with van der Waals surface area (Å²) in [5.41, 5.74) is 0. The standard InChI is InChI=1S/C14H22F8O/c1-2-3-4-5-6-8-11(15,16)13(19,20)14(21,22)12(17,18)9-7-10-23/h23H,2-10H2,1H3. The number of aliphatic hydroxyl groups excluding tert-OH is 1. The molecule has 23 heavy (non-hydrogen) atoms. The van der Waals surface area contributed by atoms with Crippen LogP contribution >= 0.6 is 0 Å². The second-order valence-corrected chi connectivity index (χ2v) is 5.55. The van der Waals surface area contributed by atoms with E-state index in [9.17, 15) is 35.1 Å². The lowest BCUT2D eigenvalue weighted by Crippen LogP contribution is -2.62. The van der Waals surface area contributed by atoms with E-state index in [1.807, 2.05) is 6.92 Å². The number of hydrogen-bond acceptors (Lipinski definition) is 1. The van der Waals surface area contributed by atoms with Crippen LogP contribution in [0.4, 0.5) is 35.1 Å². The Hall–Kier alpha value is -0.600. The molecule has 0 spiro atoms. The zero-order chi connectivity index (χ0) is 18.4. The SMILES string of the molecule is CCCCCCCC(F)(F)C(F)(F)C(F)(F)C(F)(F)CCCO. The average Bonchev–Trinajstić information content (AvgIpc) is 2.44. The Labute approximate surface area is 130 Å². The molecule has 0 unspecified atom stereocenters. The van der Waals surface area contributed by atoms with Crippen LogP contribution in [0.1, 0.15) is 58.3 Å². The van der Waals surface area contributed by atoms with E-state index < -0.39 is 56.0 Å². The fraction of sp³-hybridized carbons (Fsp3) is 1.00. The normalized spacial score (nSPS) is 14.3. The molecule has 140 valence electrons. The first-order valence-corrected chi connectivity index (χ1v) is 7.49. The van der Waals surface area contributed by atoms with Crippen molar-refractivity contribution in [3.8, 4) is 0 Å². The predicted molar refractivity (Wildman–Crippen MR) is 69.5 cm³/mol. The Bertz CT molecular complexity index is 344. The van der Waals surface area contributed by atoms with E-state index in [1.54, 1.807) is 0 Å². The van der Waals surface area contributed by atoms with Crippen molar-refractivity contribution >= 4 is 0 Å². The van der Waals surface area contributed by atoms with Gasteiger partial charge in [-0.1, -0.05) is 32.6 Å². The minimum atomic E-state index is -6.21. The molecule has 0 aliphatic rings. The van der Waals surface area contributed by atoms with Crippen molar-refractivity contribution in [2.24, 2.45) is 0 Å². The molecule has 0 aromatic rings. The highest BCUT2D eigenvalue weighted by atomic mass is 19.4. The first-order chi connectivity index (χ1) is 10.4. The largest absolute Gasteiger partial charge is 0.396 e. The predicted octanol–water partition coefficient (Wildman–Crippen LogP) is 5.66. The van der Waals surface area contributed by atoms with Crippen LogP contribution in [0, 0.1) is 0 Å². The second kappa shape index (κ2) is 8.48.